The topological polar surface area (TPSA) is 64.1 Å². The number of benzene rings is 1. The maximum atomic E-state index is 9.01. The second-order valence-corrected chi connectivity index (χ2v) is 4.61. The number of nitrogens with two attached hydrogens (primary N) is 1. The van der Waals surface area contributed by atoms with Gasteiger partial charge in [-0.25, -0.2) is 4.68 Å². The molecular weight excluding hydrogens is 285 g/mol. The van der Waals surface area contributed by atoms with Gasteiger partial charge in [0.15, 0.2) is 0 Å². The largest absolute Gasteiger partial charge is 0.395 e. The lowest BCUT2D eigenvalue weighted by Gasteiger charge is -2.07. The maximum absolute atomic E-state index is 9.01. The summed E-state index contributed by atoms with van der Waals surface area (Å²) in [6, 6.07) is 9.37. The highest BCUT2D eigenvalue weighted by Crippen LogP contribution is 2.24. The standard InChI is InChI=1S/C13H16ClN3O.ClH/c1-9-12(7-10(15)8-18)13(14)17(16-9)11-5-3-2-4-6-11;/h2-6,10,18H,7-8,15H2,1H3;1H. The minimum absolute atomic E-state index is 0. The van der Waals surface area contributed by atoms with Gasteiger partial charge in [0.1, 0.15) is 5.15 Å². The highest BCUT2D eigenvalue weighted by Gasteiger charge is 2.16. The summed E-state index contributed by atoms with van der Waals surface area (Å²) in [5, 5.41) is 14.0. The van der Waals surface area contributed by atoms with Crippen molar-refractivity contribution >= 4 is 24.0 Å². The number of aliphatic hydroxyl groups excluding tert-OH is 1. The van der Waals surface area contributed by atoms with Gasteiger partial charge < -0.3 is 10.8 Å². The molecule has 19 heavy (non-hydrogen) atoms. The van der Waals surface area contributed by atoms with Crippen LogP contribution in [0.4, 0.5) is 0 Å². The molecule has 2 rings (SSSR count). The number of hydrogen-bond acceptors (Lipinski definition) is 3. The SMILES string of the molecule is Cc1nn(-c2ccccc2)c(Cl)c1CC(N)CO.Cl. The molecule has 104 valence electrons. The van der Waals surface area contributed by atoms with Gasteiger partial charge in [0.2, 0.25) is 0 Å². The fourth-order valence-corrected chi connectivity index (χ4v) is 2.18. The molecule has 0 aliphatic carbocycles. The summed E-state index contributed by atoms with van der Waals surface area (Å²) >= 11 is 6.33. The van der Waals surface area contributed by atoms with Gasteiger partial charge >= 0.3 is 0 Å². The van der Waals surface area contributed by atoms with Gasteiger partial charge in [-0.2, -0.15) is 5.10 Å². The molecule has 0 saturated heterocycles. The van der Waals surface area contributed by atoms with Crippen LogP contribution in [0.2, 0.25) is 5.15 Å². The van der Waals surface area contributed by atoms with E-state index in [1.165, 1.54) is 0 Å². The summed E-state index contributed by atoms with van der Waals surface area (Å²) in [7, 11) is 0. The summed E-state index contributed by atoms with van der Waals surface area (Å²) in [5.74, 6) is 0. The van der Waals surface area contributed by atoms with Gasteiger partial charge in [-0.1, -0.05) is 29.8 Å². The Morgan fingerprint density at radius 2 is 2.00 bits per heavy atom. The number of rotatable bonds is 4. The predicted molar refractivity (Wildman–Crippen MR) is 79.3 cm³/mol. The molecule has 1 heterocycles. The molecule has 0 radical (unpaired) electrons. The molecule has 0 spiro atoms. The van der Waals surface area contributed by atoms with Gasteiger partial charge in [0.05, 0.1) is 18.0 Å². The Kier molecular flexibility index (Phi) is 5.82. The first-order chi connectivity index (χ1) is 8.63. The van der Waals surface area contributed by atoms with Gasteiger partial charge in [0, 0.05) is 11.6 Å². The van der Waals surface area contributed by atoms with Crippen LogP contribution in [0.25, 0.3) is 5.69 Å². The van der Waals surface area contributed by atoms with Crippen molar-refractivity contribution in [1.82, 2.24) is 9.78 Å². The van der Waals surface area contributed by atoms with Crippen LogP contribution in [0.15, 0.2) is 30.3 Å². The lowest BCUT2D eigenvalue weighted by molar-refractivity contribution is 0.265. The minimum atomic E-state index is -0.311. The van der Waals surface area contributed by atoms with Crippen molar-refractivity contribution < 1.29 is 5.11 Å². The molecule has 1 atom stereocenters. The highest BCUT2D eigenvalue weighted by molar-refractivity contribution is 6.30. The lowest BCUT2D eigenvalue weighted by Crippen LogP contribution is -2.27. The molecule has 1 aromatic carbocycles. The van der Waals surface area contributed by atoms with Crippen LogP contribution >= 0.6 is 24.0 Å². The first-order valence-electron chi connectivity index (χ1n) is 5.79. The molecule has 0 aliphatic heterocycles. The molecule has 0 bridgehead atoms. The van der Waals surface area contributed by atoms with Crippen molar-refractivity contribution in [2.24, 2.45) is 5.73 Å². The van der Waals surface area contributed by atoms with Crippen LogP contribution in [0, 0.1) is 6.92 Å². The maximum Gasteiger partial charge on any atom is 0.136 e. The van der Waals surface area contributed by atoms with Crippen LogP contribution in [-0.2, 0) is 6.42 Å². The summed E-state index contributed by atoms with van der Waals surface area (Å²) in [6.07, 6.45) is 0.522. The Morgan fingerprint density at radius 1 is 1.37 bits per heavy atom. The van der Waals surface area contributed by atoms with E-state index in [1.54, 1.807) is 4.68 Å². The Bertz CT molecular complexity index is 528. The molecular formula is C13H17Cl2N3O. The normalized spacial score (nSPS) is 12.0. The third kappa shape index (κ3) is 3.48. The van der Waals surface area contributed by atoms with Gasteiger partial charge in [-0.15, -0.1) is 12.4 Å². The van der Waals surface area contributed by atoms with Crippen molar-refractivity contribution in [2.45, 2.75) is 19.4 Å². The van der Waals surface area contributed by atoms with E-state index in [1.807, 2.05) is 37.3 Å². The van der Waals surface area contributed by atoms with Crippen molar-refractivity contribution in [3.8, 4) is 5.69 Å². The average molecular weight is 302 g/mol. The second-order valence-electron chi connectivity index (χ2n) is 4.25. The molecule has 3 N–H and O–H groups in total. The quantitative estimate of drug-likeness (QED) is 0.909. The molecule has 0 amide bonds. The second kappa shape index (κ2) is 6.91. The fourth-order valence-electron chi connectivity index (χ4n) is 1.83. The van der Waals surface area contributed by atoms with E-state index in [-0.39, 0.29) is 25.1 Å². The number of hydrogen-bond donors (Lipinski definition) is 2. The van der Waals surface area contributed by atoms with Crippen LogP contribution in [0.5, 0.6) is 0 Å². The summed E-state index contributed by atoms with van der Waals surface area (Å²) in [6.45, 7) is 1.83. The summed E-state index contributed by atoms with van der Waals surface area (Å²) < 4.78 is 1.69. The predicted octanol–water partition coefficient (Wildman–Crippen LogP) is 2.12. The number of aliphatic hydroxyl groups is 1. The Balaban J connectivity index is 0.00000180. The minimum Gasteiger partial charge on any atom is -0.395 e. The zero-order valence-corrected chi connectivity index (χ0v) is 12.2. The fraction of sp³-hybridized carbons (Fsp3) is 0.308. The van der Waals surface area contributed by atoms with Crippen LogP contribution in [-0.4, -0.2) is 27.5 Å². The van der Waals surface area contributed by atoms with Crippen LogP contribution in [0.3, 0.4) is 0 Å². The zero-order chi connectivity index (χ0) is 13.1. The average Bonchev–Trinajstić information content (AvgIpc) is 2.67. The van der Waals surface area contributed by atoms with Gasteiger partial charge in [-0.05, 0) is 25.5 Å². The first-order valence-corrected chi connectivity index (χ1v) is 6.17. The number of halogens is 2. The van der Waals surface area contributed by atoms with E-state index in [4.69, 9.17) is 22.4 Å². The molecule has 2 aromatic rings. The Labute approximate surface area is 123 Å². The van der Waals surface area contributed by atoms with Gasteiger partial charge in [-0.3, -0.25) is 0 Å². The Hall–Kier alpha value is -1.07. The lowest BCUT2D eigenvalue weighted by atomic mass is 10.1. The summed E-state index contributed by atoms with van der Waals surface area (Å²) in [5.41, 5.74) is 8.39. The third-order valence-electron chi connectivity index (χ3n) is 2.82. The van der Waals surface area contributed by atoms with Crippen molar-refractivity contribution in [1.29, 1.82) is 0 Å². The van der Waals surface area contributed by atoms with Crippen molar-refractivity contribution in [2.75, 3.05) is 6.61 Å². The summed E-state index contributed by atoms with van der Waals surface area (Å²) in [4.78, 5) is 0. The third-order valence-corrected chi connectivity index (χ3v) is 3.21. The van der Waals surface area contributed by atoms with Crippen LogP contribution < -0.4 is 5.73 Å². The van der Waals surface area contributed by atoms with E-state index in [2.05, 4.69) is 5.10 Å². The molecule has 1 aromatic heterocycles. The molecule has 6 heteroatoms. The van der Waals surface area contributed by atoms with E-state index in [9.17, 15) is 0 Å². The van der Waals surface area contributed by atoms with Crippen molar-refractivity contribution in [3.63, 3.8) is 0 Å². The molecule has 0 saturated carbocycles. The molecule has 0 aliphatic rings. The number of aromatic nitrogens is 2. The monoisotopic (exact) mass is 301 g/mol. The Morgan fingerprint density at radius 3 is 2.58 bits per heavy atom. The van der Waals surface area contributed by atoms with E-state index in [0.29, 0.717) is 11.6 Å². The molecule has 0 fully saturated rings. The zero-order valence-electron chi connectivity index (χ0n) is 10.6. The van der Waals surface area contributed by atoms with E-state index >= 15 is 0 Å². The van der Waals surface area contributed by atoms with E-state index < -0.39 is 0 Å². The van der Waals surface area contributed by atoms with Crippen molar-refractivity contribution in [3.05, 3.63) is 46.7 Å². The first kappa shape index (κ1) is 16.0. The number of para-hydroxylation sites is 1. The molecule has 1 unspecified atom stereocenters. The smallest absolute Gasteiger partial charge is 0.136 e. The van der Waals surface area contributed by atoms with Gasteiger partial charge in [0.25, 0.3) is 0 Å². The molecule has 4 nitrogen and oxygen atoms in total. The number of aryl methyl sites for hydroxylation is 1. The number of nitrogens with zero attached hydrogens (tertiary/aromatic N) is 2. The highest BCUT2D eigenvalue weighted by atomic mass is 35.5. The van der Waals surface area contributed by atoms with Crippen LogP contribution in [0.1, 0.15) is 11.3 Å². The van der Waals surface area contributed by atoms with E-state index in [0.717, 1.165) is 16.9 Å².